The van der Waals surface area contributed by atoms with Crippen LogP contribution in [0.2, 0.25) is 0 Å². The van der Waals surface area contributed by atoms with Crippen LogP contribution in [0.4, 0.5) is 5.69 Å². The van der Waals surface area contributed by atoms with E-state index in [1.54, 1.807) is 24.4 Å². The number of aromatic nitrogens is 1. The fourth-order valence-electron chi connectivity index (χ4n) is 3.28. The van der Waals surface area contributed by atoms with Crippen molar-refractivity contribution in [3.63, 3.8) is 0 Å². The van der Waals surface area contributed by atoms with Crippen LogP contribution in [-0.2, 0) is 0 Å². The van der Waals surface area contributed by atoms with Gasteiger partial charge in [0.25, 0.3) is 0 Å². The van der Waals surface area contributed by atoms with Gasteiger partial charge in [0.05, 0.1) is 11.8 Å². The Bertz CT molecular complexity index is 744. The van der Waals surface area contributed by atoms with Crippen LogP contribution in [0.5, 0.6) is 5.75 Å². The topological polar surface area (TPSA) is 51.2 Å². The quantitative estimate of drug-likeness (QED) is 0.192. The van der Waals surface area contributed by atoms with Gasteiger partial charge in [-0.1, -0.05) is 69.7 Å². The number of benzene rings is 1. The normalized spacial score (nSPS) is 11.0. The summed E-state index contributed by atoms with van der Waals surface area (Å²) in [5.74, 6) is 0.0732. The van der Waals surface area contributed by atoms with Crippen LogP contribution in [0.15, 0.2) is 60.9 Å². The van der Waals surface area contributed by atoms with Gasteiger partial charge >= 0.3 is 5.97 Å². The molecule has 1 aromatic carbocycles. The molecule has 0 amide bonds. The van der Waals surface area contributed by atoms with Gasteiger partial charge in [0.15, 0.2) is 0 Å². The summed E-state index contributed by atoms with van der Waals surface area (Å²) in [5, 5.41) is 3.37. The van der Waals surface area contributed by atoms with E-state index in [1.165, 1.54) is 57.6 Å². The number of unbranched alkanes of at least 4 members (excludes halogenated alkanes) is 8. The molecule has 30 heavy (non-hydrogen) atoms. The molecule has 0 radical (unpaired) electrons. The fourth-order valence-corrected chi connectivity index (χ4v) is 3.28. The molecule has 0 saturated carbocycles. The van der Waals surface area contributed by atoms with Crippen LogP contribution in [0.1, 0.15) is 81.5 Å². The Morgan fingerprint density at radius 2 is 1.67 bits per heavy atom. The van der Waals surface area contributed by atoms with Crippen molar-refractivity contribution in [2.75, 3.05) is 11.9 Å². The predicted molar refractivity (Wildman–Crippen MR) is 125 cm³/mol. The highest BCUT2D eigenvalue weighted by atomic mass is 16.5. The number of para-hydroxylation sites is 1. The van der Waals surface area contributed by atoms with Crippen LogP contribution in [0, 0.1) is 0 Å². The summed E-state index contributed by atoms with van der Waals surface area (Å²) < 4.78 is 5.41. The monoisotopic (exact) mass is 408 g/mol. The third kappa shape index (κ3) is 9.73. The molecule has 4 nitrogen and oxygen atoms in total. The third-order valence-corrected chi connectivity index (χ3v) is 5.00. The number of carbonyl (C=O) groups excluding carboxylic acids is 1. The summed E-state index contributed by atoms with van der Waals surface area (Å²) in [6.45, 7) is 3.08. The number of esters is 1. The van der Waals surface area contributed by atoms with Crippen molar-refractivity contribution in [2.24, 2.45) is 0 Å². The summed E-state index contributed by atoms with van der Waals surface area (Å²) >= 11 is 0. The first-order chi connectivity index (χ1) is 14.8. The number of hydrogen-bond donors (Lipinski definition) is 1. The summed E-state index contributed by atoms with van der Waals surface area (Å²) in [6, 6.07) is 10.9. The highest BCUT2D eigenvalue weighted by Gasteiger charge is 2.13. The number of allylic oxidation sites excluding steroid dienone is 2. The lowest BCUT2D eigenvalue weighted by atomic mass is 10.1. The summed E-state index contributed by atoms with van der Waals surface area (Å²) in [7, 11) is 0. The number of nitrogens with one attached hydrogen (secondary N) is 1. The second-order valence-corrected chi connectivity index (χ2v) is 7.57. The van der Waals surface area contributed by atoms with E-state index in [1.807, 2.05) is 18.2 Å². The number of pyridine rings is 1. The van der Waals surface area contributed by atoms with Gasteiger partial charge in [-0.2, -0.15) is 0 Å². The minimum atomic E-state index is -0.374. The molecule has 0 aliphatic rings. The maximum absolute atomic E-state index is 12.5. The molecule has 0 saturated heterocycles. The Labute approximate surface area is 181 Å². The first-order valence-electron chi connectivity index (χ1n) is 11.4. The Morgan fingerprint density at radius 3 is 2.43 bits per heavy atom. The first-order valence-corrected chi connectivity index (χ1v) is 11.4. The summed E-state index contributed by atoms with van der Waals surface area (Å²) in [5.41, 5.74) is 1.34. The Morgan fingerprint density at radius 1 is 0.933 bits per heavy atom. The molecule has 0 atom stereocenters. The molecule has 0 spiro atoms. The zero-order valence-electron chi connectivity index (χ0n) is 18.3. The molecule has 0 aliphatic carbocycles. The minimum Gasteiger partial charge on any atom is -0.421 e. The maximum atomic E-state index is 12.5. The molecule has 0 fully saturated rings. The lowest BCUT2D eigenvalue weighted by Crippen LogP contribution is -2.13. The highest BCUT2D eigenvalue weighted by Crippen LogP contribution is 2.18. The lowest BCUT2D eigenvalue weighted by molar-refractivity contribution is 0.0735. The van der Waals surface area contributed by atoms with E-state index in [0.717, 1.165) is 25.1 Å². The predicted octanol–water partition coefficient (Wildman–Crippen LogP) is 7.19. The van der Waals surface area contributed by atoms with Gasteiger partial charge in [-0.15, -0.1) is 0 Å². The number of hydrogen-bond acceptors (Lipinski definition) is 4. The van der Waals surface area contributed by atoms with E-state index < -0.39 is 0 Å². The van der Waals surface area contributed by atoms with Crippen LogP contribution in [0.25, 0.3) is 0 Å². The maximum Gasteiger partial charge on any atom is 0.345 e. The van der Waals surface area contributed by atoms with Crippen LogP contribution >= 0.6 is 0 Å². The van der Waals surface area contributed by atoms with Crippen LogP contribution in [-0.4, -0.2) is 17.5 Å². The van der Waals surface area contributed by atoms with E-state index in [9.17, 15) is 4.79 Å². The van der Waals surface area contributed by atoms with E-state index in [0.29, 0.717) is 11.3 Å². The smallest absolute Gasteiger partial charge is 0.345 e. The van der Waals surface area contributed by atoms with Crippen molar-refractivity contribution >= 4 is 11.7 Å². The van der Waals surface area contributed by atoms with Crippen molar-refractivity contribution in [2.45, 2.75) is 71.1 Å². The Balaban J connectivity index is 1.62. The van der Waals surface area contributed by atoms with Crippen molar-refractivity contribution in [1.82, 2.24) is 4.98 Å². The van der Waals surface area contributed by atoms with E-state index in [4.69, 9.17) is 4.74 Å². The van der Waals surface area contributed by atoms with Gasteiger partial charge in [-0.05, 0) is 49.9 Å². The average molecular weight is 409 g/mol. The second kappa shape index (κ2) is 15.3. The van der Waals surface area contributed by atoms with Gasteiger partial charge in [0, 0.05) is 18.4 Å². The second-order valence-electron chi connectivity index (χ2n) is 7.57. The molecule has 0 bridgehead atoms. The van der Waals surface area contributed by atoms with Crippen molar-refractivity contribution < 1.29 is 9.53 Å². The summed E-state index contributed by atoms with van der Waals surface area (Å²) in [4.78, 5) is 16.4. The fraction of sp³-hybridized carbons (Fsp3) is 0.462. The van der Waals surface area contributed by atoms with Gasteiger partial charge < -0.3 is 10.1 Å². The molecular formula is C26H36N2O2. The minimum absolute atomic E-state index is 0.374. The molecule has 1 N–H and O–H groups in total. The number of nitrogens with zero attached hydrogens (tertiary/aromatic N) is 1. The van der Waals surface area contributed by atoms with Crippen molar-refractivity contribution in [3.8, 4) is 5.75 Å². The molecule has 0 unspecified atom stereocenters. The SMILES string of the molecule is CCCCCCCCC/C=C/CCCNc1ccccc1C(=O)Oc1cccnc1. The van der Waals surface area contributed by atoms with Crippen LogP contribution in [0.3, 0.4) is 0 Å². The Kier molecular flexibility index (Phi) is 12.0. The number of carbonyl (C=O) groups is 1. The third-order valence-electron chi connectivity index (χ3n) is 5.00. The molecule has 162 valence electrons. The number of ether oxygens (including phenoxy) is 1. The van der Waals surface area contributed by atoms with Gasteiger partial charge in [0.1, 0.15) is 5.75 Å². The molecule has 1 heterocycles. The zero-order valence-corrected chi connectivity index (χ0v) is 18.3. The van der Waals surface area contributed by atoms with Gasteiger partial charge in [-0.25, -0.2) is 4.79 Å². The molecule has 4 heteroatoms. The summed E-state index contributed by atoms with van der Waals surface area (Å²) in [6.07, 6.45) is 20.5. The molecule has 2 rings (SSSR count). The number of anilines is 1. The van der Waals surface area contributed by atoms with Gasteiger partial charge in [-0.3, -0.25) is 4.98 Å². The van der Waals surface area contributed by atoms with E-state index in [2.05, 4.69) is 29.4 Å². The highest BCUT2D eigenvalue weighted by molar-refractivity contribution is 5.96. The molecule has 0 aliphatic heterocycles. The van der Waals surface area contributed by atoms with Gasteiger partial charge in [0.2, 0.25) is 0 Å². The number of rotatable bonds is 15. The van der Waals surface area contributed by atoms with E-state index in [-0.39, 0.29) is 5.97 Å². The van der Waals surface area contributed by atoms with E-state index >= 15 is 0 Å². The molecule has 2 aromatic rings. The zero-order chi connectivity index (χ0) is 21.3. The molecular weight excluding hydrogens is 372 g/mol. The average Bonchev–Trinajstić information content (AvgIpc) is 2.78. The van der Waals surface area contributed by atoms with Crippen molar-refractivity contribution in [3.05, 3.63) is 66.5 Å². The standard InChI is InChI=1S/C26H36N2O2/c1-2-3-4-5-6-7-8-9-10-11-12-15-21-28-25-19-14-13-18-24(25)26(29)30-23-17-16-20-27-22-23/h10-11,13-14,16-20,22,28H,2-9,12,15,21H2,1H3/b11-10+. The van der Waals surface area contributed by atoms with Crippen LogP contribution < -0.4 is 10.1 Å². The largest absolute Gasteiger partial charge is 0.421 e. The molecule has 1 aromatic heterocycles. The first kappa shape index (κ1) is 23.7. The Hall–Kier alpha value is -2.62. The lowest BCUT2D eigenvalue weighted by Gasteiger charge is -2.11. The van der Waals surface area contributed by atoms with Crippen molar-refractivity contribution in [1.29, 1.82) is 0 Å².